The van der Waals surface area contributed by atoms with Gasteiger partial charge in [-0.2, -0.15) is 5.10 Å². The van der Waals surface area contributed by atoms with Crippen LogP contribution in [-0.2, 0) is 21.3 Å². The predicted octanol–water partition coefficient (Wildman–Crippen LogP) is 3.42. The molecule has 4 aromatic rings. The Labute approximate surface area is 224 Å². The van der Waals surface area contributed by atoms with Gasteiger partial charge in [0.25, 0.3) is 0 Å². The number of ether oxygens (including phenoxy) is 1. The summed E-state index contributed by atoms with van der Waals surface area (Å²) in [5.74, 6) is -3.56. The number of nitrogens with one attached hydrogen (secondary N) is 2. The quantitative estimate of drug-likeness (QED) is 0.286. The van der Waals surface area contributed by atoms with E-state index in [9.17, 15) is 17.6 Å². The summed E-state index contributed by atoms with van der Waals surface area (Å²) in [4.78, 5) is 22.9. The number of sulfonamides is 1. The molecular weight excluding hydrogens is 530 g/mol. The fourth-order valence-electron chi connectivity index (χ4n) is 4.51. The number of fused-ring (bicyclic) bond motifs is 1. The van der Waals surface area contributed by atoms with Gasteiger partial charge in [0.1, 0.15) is 11.5 Å². The van der Waals surface area contributed by atoms with Gasteiger partial charge in [-0.05, 0) is 24.6 Å². The van der Waals surface area contributed by atoms with Gasteiger partial charge in [0.05, 0.1) is 43.0 Å². The molecule has 1 aliphatic heterocycles. The third-order valence-corrected chi connectivity index (χ3v) is 8.02. The number of carbonyl (C=O) groups is 1. The predicted molar refractivity (Wildman–Crippen MR) is 142 cm³/mol. The first-order chi connectivity index (χ1) is 18.8. The van der Waals surface area contributed by atoms with Gasteiger partial charge in [0, 0.05) is 60.3 Å². The number of pyridine rings is 1. The third-order valence-electron chi connectivity index (χ3n) is 6.55. The summed E-state index contributed by atoms with van der Waals surface area (Å²) in [5.41, 5.74) is 0.476. The van der Waals surface area contributed by atoms with E-state index in [4.69, 9.17) is 4.74 Å². The van der Waals surface area contributed by atoms with E-state index in [1.54, 1.807) is 25.4 Å². The van der Waals surface area contributed by atoms with Crippen molar-refractivity contribution < 1.29 is 26.7 Å². The number of carbonyl (C=O) groups excluding carboxylic acids is 1. The second-order valence-corrected chi connectivity index (χ2v) is 11.1. The lowest BCUT2D eigenvalue weighted by molar-refractivity contribution is 0.0360. The molecule has 1 fully saturated rings. The van der Waals surface area contributed by atoms with Crippen molar-refractivity contribution in [2.75, 3.05) is 43.3 Å². The zero-order chi connectivity index (χ0) is 27.6. The van der Waals surface area contributed by atoms with E-state index in [0.29, 0.717) is 29.6 Å². The number of morpholine rings is 1. The number of H-pyrrole nitrogens is 1. The van der Waals surface area contributed by atoms with Crippen LogP contribution in [0.5, 0.6) is 0 Å². The van der Waals surface area contributed by atoms with Crippen molar-refractivity contribution in [3.63, 3.8) is 0 Å². The van der Waals surface area contributed by atoms with Crippen molar-refractivity contribution in [3.8, 4) is 11.1 Å². The number of hydrogen-bond acceptors (Lipinski definition) is 7. The minimum atomic E-state index is -3.85. The first-order valence-corrected chi connectivity index (χ1v) is 14.2. The smallest absolute Gasteiger partial charge is 0.232 e. The number of aromatic amines is 1. The molecule has 0 amide bonds. The Morgan fingerprint density at radius 1 is 1.15 bits per heavy atom. The number of nitrogens with zero attached hydrogens (tertiary/aromatic N) is 4. The molecule has 0 atom stereocenters. The molecule has 4 heterocycles. The highest BCUT2D eigenvalue weighted by Gasteiger charge is 2.26. The Hall–Kier alpha value is -3.68. The molecule has 13 heteroatoms. The van der Waals surface area contributed by atoms with E-state index < -0.39 is 38.7 Å². The molecule has 10 nitrogen and oxygen atoms in total. The average molecular weight is 559 g/mol. The third kappa shape index (κ3) is 5.84. The van der Waals surface area contributed by atoms with E-state index in [1.165, 1.54) is 6.20 Å². The van der Waals surface area contributed by atoms with Crippen LogP contribution < -0.4 is 4.72 Å². The fraction of sp³-hybridized carbons (Fsp3) is 0.346. The lowest BCUT2D eigenvalue weighted by Gasteiger charge is -2.26. The van der Waals surface area contributed by atoms with Crippen molar-refractivity contribution in [1.29, 1.82) is 0 Å². The van der Waals surface area contributed by atoms with Crippen LogP contribution in [-0.4, -0.2) is 77.5 Å². The minimum absolute atomic E-state index is 0.00502. The second-order valence-electron chi connectivity index (χ2n) is 9.30. The first-order valence-electron chi connectivity index (χ1n) is 12.6. The van der Waals surface area contributed by atoms with E-state index in [2.05, 4.69) is 24.7 Å². The number of benzene rings is 1. The van der Waals surface area contributed by atoms with Gasteiger partial charge in [-0.1, -0.05) is 6.92 Å². The maximum absolute atomic E-state index is 15.3. The van der Waals surface area contributed by atoms with Crippen molar-refractivity contribution in [3.05, 3.63) is 65.7 Å². The van der Waals surface area contributed by atoms with Gasteiger partial charge in [0.2, 0.25) is 15.8 Å². The van der Waals surface area contributed by atoms with Crippen LogP contribution in [0.4, 0.5) is 14.5 Å². The molecule has 0 saturated carbocycles. The Bertz CT molecular complexity index is 1610. The van der Waals surface area contributed by atoms with Crippen molar-refractivity contribution in [2.45, 2.75) is 19.9 Å². The van der Waals surface area contributed by atoms with Gasteiger partial charge in [0.15, 0.2) is 5.82 Å². The largest absolute Gasteiger partial charge is 0.379 e. The Morgan fingerprint density at radius 3 is 2.72 bits per heavy atom. The van der Waals surface area contributed by atoms with Gasteiger partial charge < -0.3 is 9.72 Å². The molecule has 5 rings (SSSR count). The number of ketones is 1. The molecule has 3 aromatic heterocycles. The molecule has 1 saturated heterocycles. The van der Waals surface area contributed by atoms with Crippen molar-refractivity contribution >= 4 is 32.5 Å². The Kier molecular flexibility index (Phi) is 7.73. The summed E-state index contributed by atoms with van der Waals surface area (Å²) in [5, 5.41) is 4.80. The normalized spacial score (nSPS) is 14.6. The van der Waals surface area contributed by atoms with Gasteiger partial charge in [-0.3, -0.25) is 19.1 Å². The van der Waals surface area contributed by atoms with E-state index >= 15 is 4.39 Å². The second kappa shape index (κ2) is 11.2. The highest BCUT2D eigenvalue weighted by molar-refractivity contribution is 7.92. The van der Waals surface area contributed by atoms with Crippen LogP contribution in [0.15, 0.2) is 43.0 Å². The fourth-order valence-corrected chi connectivity index (χ4v) is 5.65. The number of hydrogen-bond donors (Lipinski definition) is 2. The molecular formula is C26H28F2N6O4S. The van der Waals surface area contributed by atoms with Crippen LogP contribution in [0.1, 0.15) is 29.3 Å². The molecule has 0 spiro atoms. The Balaban J connectivity index is 1.41. The molecule has 2 N–H and O–H groups in total. The summed E-state index contributed by atoms with van der Waals surface area (Å²) in [6.45, 7) is 6.40. The standard InChI is InChI=1S/C26H28F2N6O4S/c1-2-11-39(36,37)32-22-4-3-21(27)23(24(22)28)25(35)20-15-30-26-19(20)12-17(13-29-26)18-14-31-34(16-18)6-5-33-7-9-38-10-8-33/h3-4,12-16,32H,2,5-11H2,1H3,(H,29,30). The van der Waals surface area contributed by atoms with Crippen molar-refractivity contribution in [2.24, 2.45) is 0 Å². The van der Waals surface area contributed by atoms with Crippen LogP contribution in [0.25, 0.3) is 22.2 Å². The summed E-state index contributed by atoms with van der Waals surface area (Å²) in [6, 6.07) is 3.53. The maximum Gasteiger partial charge on any atom is 0.232 e. The van der Waals surface area contributed by atoms with Crippen LogP contribution >= 0.6 is 0 Å². The monoisotopic (exact) mass is 558 g/mol. The number of rotatable bonds is 10. The first kappa shape index (κ1) is 26.9. The molecule has 0 aliphatic carbocycles. The topological polar surface area (TPSA) is 122 Å². The van der Waals surface area contributed by atoms with E-state index in [0.717, 1.165) is 50.5 Å². The number of halogens is 2. The number of aromatic nitrogens is 4. The molecule has 206 valence electrons. The molecule has 1 aromatic carbocycles. The van der Waals surface area contributed by atoms with Crippen molar-refractivity contribution in [1.82, 2.24) is 24.6 Å². The van der Waals surface area contributed by atoms with Gasteiger partial charge in [-0.25, -0.2) is 22.2 Å². The molecule has 0 bridgehead atoms. The average Bonchev–Trinajstić information content (AvgIpc) is 3.56. The molecule has 0 radical (unpaired) electrons. The molecule has 1 aliphatic rings. The van der Waals surface area contributed by atoms with E-state index in [1.807, 2.05) is 10.9 Å². The van der Waals surface area contributed by atoms with E-state index in [-0.39, 0.29) is 11.3 Å². The highest BCUT2D eigenvalue weighted by atomic mass is 32.2. The zero-order valence-corrected chi connectivity index (χ0v) is 22.1. The SMILES string of the molecule is CCCS(=O)(=O)Nc1ccc(F)c(C(=O)c2c[nH]c3ncc(-c4cnn(CCN5CCOCC5)c4)cc23)c1F. The van der Waals surface area contributed by atoms with Gasteiger partial charge in [-0.15, -0.1) is 0 Å². The summed E-state index contributed by atoms with van der Waals surface area (Å²) in [6.07, 6.45) is 6.84. The summed E-state index contributed by atoms with van der Waals surface area (Å²) >= 11 is 0. The zero-order valence-electron chi connectivity index (χ0n) is 21.3. The maximum atomic E-state index is 15.3. The summed E-state index contributed by atoms with van der Waals surface area (Å²) < 4.78 is 63.6. The molecule has 39 heavy (non-hydrogen) atoms. The lowest BCUT2D eigenvalue weighted by Crippen LogP contribution is -2.38. The van der Waals surface area contributed by atoms with Gasteiger partial charge >= 0.3 is 0 Å². The summed E-state index contributed by atoms with van der Waals surface area (Å²) in [7, 11) is -3.85. The number of anilines is 1. The molecule has 0 unspecified atom stereocenters. The van der Waals surface area contributed by atoms with Crippen LogP contribution in [0.2, 0.25) is 0 Å². The highest BCUT2D eigenvalue weighted by Crippen LogP contribution is 2.29. The van der Waals surface area contributed by atoms with Crippen LogP contribution in [0, 0.1) is 11.6 Å². The Morgan fingerprint density at radius 2 is 1.95 bits per heavy atom. The lowest BCUT2D eigenvalue weighted by atomic mass is 10.0. The minimum Gasteiger partial charge on any atom is -0.379 e. The van der Waals surface area contributed by atoms with Crippen LogP contribution in [0.3, 0.4) is 0 Å².